The molecule has 5 heteroatoms. The molecular formula is C14H31N3O2. The number of hydrogen-bond donors (Lipinski definition) is 1. The van der Waals surface area contributed by atoms with Gasteiger partial charge in [-0.05, 0) is 47.5 Å². The number of ether oxygens (including phenoxy) is 1. The summed E-state index contributed by atoms with van der Waals surface area (Å²) in [4.78, 5) is 16.3. The Bertz CT molecular complexity index is 259. The van der Waals surface area contributed by atoms with E-state index in [0.717, 1.165) is 39.0 Å². The molecule has 0 heterocycles. The molecule has 0 aliphatic rings. The van der Waals surface area contributed by atoms with Crippen LogP contribution < -0.4 is 5.32 Å². The van der Waals surface area contributed by atoms with Crippen LogP contribution in [0.4, 0.5) is 0 Å². The Kier molecular flexibility index (Phi) is 8.97. The minimum absolute atomic E-state index is 0.179. The Labute approximate surface area is 118 Å². The first kappa shape index (κ1) is 18.4. The number of esters is 1. The molecule has 0 aromatic rings. The number of likely N-dealkylation sites (N-methyl/N-ethyl adjacent to an activating group) is 2. The van der Waals surface area contributed by atoms with Gasteiger partial charge in [0.25, 0.3) is 0 Å². The lowest BCUT2D eigenvalue weighted by atomic mass is 9.97. The van der Waals surface area contributed by atoms with Gasteiger partial charge in [0.2, 0.25) is 0 Å². The van der Waals surface area contributed by atoms with E-state index in [9.17, 15) is 4.79 Å². The van der Waals surface area contributed by atoms with Crippen LogP contribution in [0.25, 0.3) is 0 Å². The summed E-state index contributed by atoms with van der Waals surface area (Å²) in [6.07, 6.45) is 1.76. The topological polar surface area (TPSA) is 44.8 Å². The molecule has 0 spiro atoms. The van der Waals surface area contributed by atoms with Gasteiger partial charge in [-0.3, -0.25) is 4.79 Å². The molecule has 0 aliphatic heterocycles. The number of carbonyl (C=O) groups excluding carboxylic acids is 1. The third-order valence-corrected chi connectivity index (χ3v) is 3.32. The number of hydrogen-bond acceptors (Lipinski definition) is 5. The predicted molar refractivity (Wildman–Crippen MR) is 79.4 cm³/mol. The predicted octanol–water partition coefficient (Wildman–Crippen LogP) is 0.801. The average Bonchev–Trinajstić information content (AvgIpc) is 2.39. The van der Waals surface area contributed by atoms with Gasteiger partial charge in [-0.2, -0.15) is 0 Å². The molecule has 0 radical (unpaired) electrons. The fourth-order valence-electron chi connectivity index (χ4n) is 1.79. The minimum atomic E-state index is -0.586. The monoisotopic (exact) mass is 273 g/mol. The van der Waals surface area contributed by atoms with Crippen molar-refractivity contribution in [2.24, 2.45) is 0 Å². The molecule has 1 unspecified atom stereocenters. The van der Waals surface area contributed by atoms with Crippen LogP contribution in [0.1, 0.15) is 26.7 Å². The van der Waals surface area contributed by atoms with Gasteiger partial charge in [-0.15, -0.1) is 0 Å². The van der Waals surface area contributed by atoms with E-state index in [0.29, 0.717) is 0 Å². The SMILES string of the molecule is CCCNC(C)(CCN(C)CCN(C)C)C(=O)OC. The van der Waals surface area contributed by atoms with E-state index in [4.69, 9.17) is 4.74 Å². The highest BCUT2D eigenvalue weighted by molar-refractivity contribution is 5.80. The lowest BCUT2D eigenvalue weighted by molar-refractivity contribution is -0.148. The van der Waals surface area contributed by atoms with E-state index in [1.165, 1.54) is 7.11 Å². The standard InChI is InChI=1S/C14H31N3O2/c1-7-9-15-14(2,13(18)19-6)8-10-17(5)12-11-16(3)4/h15H,7-12H2,1-6H3. The van der Waals surface area contributed by atoms with Crippen LogP contribution in [0.2, 0.25) is 0 Å². The molecule has 5 nitrogen and oxygen atoms in total. The summed E-state index contributed by atoms with van der Waals surface area (Å²) >= 11 is 0. The van der Waals surface area contributed by atoms with Crippen LogP contribution in [-0.4, -0.2) is 75.7 Å². The van der Waals surface area contributed by atoms with Crippen molar-refractivity contribution in [1.29, 1.82) is 0 Å². The fourth-order valence-corrected chi connectivity index (χ4v) is 1.79. The molecule has 114 valence electrons. The maximum atomic E-state index is 11.9. The van der Waals surface area contributed by atoms with Crippen LogP contribution >= 0.6 is 0 Å². The third-order valence-electron chi connectivity index (χ3n) is 3.32. The van der Waals surface area contributed by atoms with Crippen molar-refractivity contribution < 1.29 is 9.53 Å². The summed E-state index contributed by atoms with van der Waals surface area (Å²) < 4.78 is 4.91. The van der Waals surface area contributed by atoms with Crippen molar-refractivity contribution in [2.75, 3.05) is 54.4 Å². The molecule has 0 amide bonds. The Morgan fingerprint density at radius 1 is 1.21 bits per heavy atom. The van der Waals surface area contributed by atoms with Crippen LogP contribution in [-0.2, 0) is 9.53 Å². The molecular weight excluding hydrogens is 242 g/mol. The molecule has 0 aromatic carbocycles. The molecule has 0 bridgehead atoms. The Morgan fingerprint density at radius 2 is 1.84 bits per heavy atom. The lowest BCUT2D eigenvalue weighted by Crippen LogP contribution is -2.52. The first-order valence-corrected chi connectivity index (χ1v) is 7.02. The molecule has 0 saturated carbocycles. The second kappa shape index (κ2) is 9.28. The minimum Gasteiger partial charge on any atom is -0.468 e. The van der Waals surface area contributed by atoms with Gasteiger partial charge in [-0.25, -0.2) is 0 Å². The van der Waals surface area contributed by atoms with E-state index in [1.807, 2.05) is 6.92 Å². The zero-order chi connectivity index (χ0) is 14.9. The maximum absolute atomic E-state index is 11.9. The van der Waals surface area contributed by atoms with Crippen molar-refractivity contribution in [3.63, 3.8) is 0 Å². The van der Waals surface area contributed by atoms with Gasteiger partial charge in [0.05, 0.1) is 7.11 Å². The van der Waals surface area contributed by atoms with Gasteiger partial charge in [-0.1, -0.05) is 6.92 Å². The molecule has 19 heavy (non-hydrogen) atoms. The molecule has 0 saturated heterocycles. The van der Waals surface area contributed by atoms with Crippen LogP contribution in [0.5, 0.6) is 0 Å². The smallest absolute Gasteiger partial charge is 0.325 e. The number of carbonyl (C=O) groups is 1. The summed E-state index contributed by atoms with van der Waals surface area (Å²) in [5.74, 6) is -0.179. The van der Waals surface area contributed by atoms with E-state index in [2.05, 4.69) is 43.2 Å². The summed E-state index contributed by atoms with van der Waals surface area (Å²) in [6, 6.07) is 0. The number of nitrogens with zero attached hydrogens (tertiary/aromatic N) is 2. The summed E-state index contributed by atoms with van der Waals surface area (Å²) in [5.41, 5.74) is -0.586. The second-order valence-electron chi connectivity index (χ2n) is 5.61. The van der Waals surface area contributed by atoms with Gasteiger partial charge < -0.3 is 19.9 Å². The van der Waals surface area contributed by atoms with E-state index in [1.54, 1.807) is 0 Å². The summed E-state index contributed by atoms with van der Waals surface area (Å²) in [5, 5.41) is 3.31. The van der Waals surface area contributed by atoms with Crippen molar-refractivity contribution in [3.8, 4) is 0 Å². The number of methoxy groups -OCH3 is 1. The average molecular weight is 273 g/mol. The largest absolute Gasteiger partial charge is 0.468 e. The van der Waals surface area contributed by atoms with Gasteiger partial charge >= 0.3 is 5.97 Å². The van der Waals surface area contributed by atoms with Crippen molar-refractivity contribution in [3.05, 3.63) is 0 Å². The highest BCUT2D eigenvalue weighted by atomic mass is 16.5. The Morgan fingerprint density at radius 3 is 2.32 bits per heavy atom. The number of rotatable bonds is 10. The van der Waals surface area contributed by atoms with E-state index >= 15 is 0 Å². The first-order chi connectivity index (χ1) is 8.85. The first-order valence-electron chi connectivity index (χ1n) is 7.02. The highest BCUT2D eigenvalue weighted by Gasteiger charge is 2.33. The zero-order valence-electron chi connectivity index (χ0n) is 13.5. The molecule has 1 atom stereocenters. The summed E-state index contributed by atoms with van der Waals surface area (Å²) in [7, 11) is 7.66. The van der Waals surface area contributed by atoms with E-state index in [-0.39, 0.29) is 5.97 Å². The van der Waals surface area contributed by atoms with Crippen molar-refractivity contribution >= 4 is 5.97 Å². The fraction of sp³-hybridized carbons (Fsp3) is 0.929. The highest BCUT2D eigenvalue weighted by Crippen LogP contribution is 2.12. The molecule has 1 N–H and O–H groups in total. The van der Waals surface area contributed by atoms with Crippen LogP contribution in [0.3, 0.4) is 0 Å². The van der Waals surface area contributed by atoms with Crippen LogP contribution in [0, 0.1) is 0 Å². The molecule has 0 rings (SSSR count). The third kappa shape index (κ3) is 7.50. The van der Waals surface area contributed by atoms with Gasteiger partial charge in [0.1, 0.15) is 5.54 Å². The van der Waals surface area contributed by atoms with Gasteiger partial charge in [0.15, 0.2) is 0 Å². The maximum Gasteiger partial charge on any atom is 0.325 e. The van der Waals surface area contributed by atoms with Crippen molar-refractivity contribution in [2.45, 2.75) is 32.2 Å². The van der Waals surface area contributed by atoms with E-state index < -0.39 is 5.54 Å². The zero-order valence-corrected chi connectivity index (χ0v) is 13.5. The Hall–Kier alpha value is -0.650. The molecule has 0 fully saturated rings. The van der Waals surface area contributed by atoms with Crippen molar-refractivity contribution in [1.82, 2.24) is 15.1 Å². The second-order valence-corrected chi connectivity index (χ2v) is 5.61. The Balaban J connectivity index is 4.29. The summed E-state index contributed by atoms with van der Waals surface area (Å²) in [6.45, 7) is 7.73. The molecule has 0 aliphatic carbocycles. The normalized spacial score (nSPS) is 14.7. The number of nitrogens with one attached hydrogen (secondary N) is 1. The quantitative estimate of drug-likeness (QED) is 0.597. The molecule has 0 aromatic heterocycles. The van der Waals surface area contributed by atoms with Crippen LogP contribution in [0.15, 0.2) is 0 Å². The van der Waals surface area contributed by atoms with Gasteiger partial charge in [0, 0.05) is 19.6 Å². The lowest BCUT2D eigenvalue weighted by Gasteiger charge is -2.30.